The summed E-state index contributed by atoms with van der Waals surface area (Å²) in [6.07, 6.45) is 1.66. The molecule has 0 bridgehead atoms. The van der Waals surface area contributed by atoms with Crippen LogP contribution in [0.25, 0.3) is 0 Å². The zero-order valence-corrected chi connectivity index (χ0v) is 12.1. The zero-order chi connectivity index (χ0) is 14.0. The SMILES string of the molecule is CCN1CCN(c2nccc(C(=N)N)c2Cl)CC1C. The van der Waals surface area contributed by atoms with Crippen molar-refractivity contribution in [2.75, 3.05) is 31.1 Å². The minimum Gasteiger partial charge on any atom is -0.384 e. The van der Waals surface area contributed by atoms with Crippen LogP contribution in [0.15, 0.2) is 12.3 Å². The maximum atomic E-state index is 7.53. The fourth-order valence-corrected chi connectivity index (χ4v) is 2.85. The highest BCUT2D eigenvalue weighted by molar-refractivity contribution is 6.36. The number of anilines is 1. The first-order valence-corrected chi connectivity index (χ1v) is 6.90. The molecule has 104 valence electrons. The first-order valence-electron chi connectivity index (χ1n) is 6.52. The van der Waals surface area contributed by atoms with Gasteiger partial charge in [-0.3, -0.25) is 10.3 Å². The zero-order valence-electron chi connectivity index (χ0n) is 11.4. The van der Waals surface area contributed by atoms with Crippen LogP contribution >= 0.6 is 11.6 Å². The average Bonchev–Trinajstić information content (AvgIpc) is 2.38. The van der Waals surface area contributed by atoms with Crippen LogP contribution in [-0.4, -0.2) is 47.9 Å². The van der Waals surface area contributed by atoms with Crippen LogP contribution in [0.4, 0.5) is 5.82 Å². The Morgan fingerprint density at radius 2 is 2.32 bits per heavy atom. The molecule has 0 amide bonds. The first kappa shape index (κ1) is 14.1. The normalized spacial score (nSPS) is 20.6. The van der Waals surface area contributed by atoms with E-state index in [9.17, 15) is 0 Å². The first-order chi connectivity index (χ1) is 9.04. The van der Waals surface area contributed by atoms with Crippen LogP contribution in [0.3, 0.4) is 0 Å². The molecule has 3 N–H and O–H groups in total. The summed E-state index contributed by atoms with van der Waals surface area (Å²) < 4.78 is 0. The number of likely N-dealkylation sites (N-methyl/N-ethyl adjacent to an activating group) is 1. The van der Waals surface area contributed by atoms with E-state index in [0.29, 0.717) is 16.6 Å². The summed E-state index contributed by atoms with van der Waals surface area (Å²) in [4.78, 5) is 8.96. The Morgan fingerprint density at radius 3 is 2.89 bits per heavy atom. The third kappa shape index (κ3) is 2.82. The van der Waals surface area contributed by atoms with E-state index in [1.807, 2.05) is 0 Å². The van der Waals surface area contributed by atoms with Crippen molar-refractivity contribution < 1.29 is 0 Å². The second-order valence-electron chi connectivity index (χ2n) is 4.83. The highest BCUT2D eigenvalue weighted by Gasteiger charge is 2.25. The number of rotatable bonds is 3. The molecule has 0 saturated carbocycles. The molecule has 0 aromatic carbocycles. The topological polar surface area (TPSA) is 69.2 Å². The number of nitrogen functional groups attached to an aromatic ring is 1. The van der Waals surface area contributed by atoms with Crippen LogP contribution in [0.1, 0.15) is 19.4 Å². The lowest BCUT2D eigenvalue weighted by atomic mass is 10.1. The monoisotopic (exact) mass is 281 g/mol. The minimum absolute atomic E-state index is 0.0195. The molecule has 1 unspecified atom stereocenters. The smallest absolute Gasteiger partial charge is 0.148 e. The maximum Gasteiger partial charge on any atom is 0.148 e. The standard InChI is InChI=1S/C13H20ClN5/c1-3-18-6-7-19(8-9(18)2)13-11(14)10(12(15)16)4-5-17-13/h4-5,9H,3,6-8H2,1-2H3,(H3,15,16). The van der Waals surface area contributed by atoms with Crippen molar-refractivity contribution >= 4 is 23.3 Å². The fourth-order valence-electron chi connectivity index (χ4n) is 2.52. The van der Waals surface area contributed by atoms with Gasteiger partial charge in [0, 0.05) is 37.4 Å². The van der Waals surface area contributed by atoms with Crippen molar-refractivity contribution in [3.63, 3.8) is 0 Å². The number of hydrogen-bond donors (Lipinski definition) is 2. The molecule has 1 aliphatic rings. The highest BCUT2D eigenvalue weighted by atomic mass is 35.5. The molecule has 1 fully saturated rings. The van der Waals surface area contributed by atoms with E-state index in [4.69, 9.17) is 22.7 Å². The van der Waals surface area contributed by atoms with E-state index < -0.39 is 0 Å². The molecule has 19 heavy (non-hydrogen) atoms. The molecule has 5 nitrogen and oxygen atoms in total. The lowest BCUT2D eigenvalue weighted by Crippen LogP contribution is -2.52. The van der Waals surface area contributed by atoms with Gasteiger partial charge >= 0.3 is 0 Å². The lowest BCUT2D eigenvalue weighted by molar-refractivity contribution is 0.199. The number of piperazine rings is 1. The van der Waals surface area contributed by atoms with Gasteiger partial charge in [-0.05, 0) is 19.5 Å². The second kappa shape index (κ2) is 5.75. The number of nitrogens with two attached hydrogens (primary N) is 1. The molecule has 6 heteroatoms. The summed E-state index contributed by atoms with van der Waals surface area (Å²) in [5.41, 5.74) is 6.08. The van der Waals surface area contributed by atoms with Gasteiger partial charge in [-0.25, -0.2) is 4.98 Å². The summed E-state index contributed by atoms with van der Waals surface area (Å²) in [5.74, 6) is 0.714. The molecule has 1 saturated heterocycles. The van der Waals surface area contributed by atoms with Gasteiger partial charge in [-0.2, -0.15) is 0 Å². The predicted molar refractivity (Wildman–Crippen MR) is 79.2 cm³/mol. The molecule has 2 rings (SSSR count). The van der Waals surface area contributed by atoms with Gasteiger partial charge in [-0.1, -0.05) is 18.5 Å². The van der Waals surface area contributed by atoms with Gasteiger partial charge in [-0.15, -0.1) is 0 Å². The molecule has 0 spiro atoms. The van der Waals surface area contributed by atoms with E-state index in [1.165, 1.54) is 0 Å². The maximum absolute atomic E-state index is 7.53. The molecule has 1 aromatic heterocycles. The van der Waals surface area contributed by atoms with Gasteiger partial charge in [0.25, 0.3) is 0 Å². The Bertz CT molecular complexity index is 476. The Balaban J connectivity index is 2.24. The van der Waals surface area contributed by atoms with Crippen molar-refractivity contribution in [2.45, 2.75) is 19.9 Å². The molecule has 2 heterocycles. The van der Waals surface area contributed by atoms with Gasteiger partial charge < -0.3 is 10.6 Å². The Morgan fingerprint density at radius 1 is 1.58 bits per heavy atom. The Kier molecular flexibility index (Phi) is 4.27. The van der Waals surface area contributed by atoms with Gasteiger partial charge in [0.15, 0.2) is 0 Å². The largest absolute Gasteiger partial charge is 0.384 e. The number of hydrogen-bond acceptors (Lipinski definition) is 4. The number of aromatic nitrogens is 1. The summed E-state index contributed by atoms with van der Waals surface area (Å²) >= 11 is 6.32. The predicted octanol–water partition coefficient (Wildman–Crippen LogP) is 1.55. The van der Waals surface area contributed by atoms with Gasteiger partial charge in [0.05, 0.1) is 5.02 Å². The molecule has 1 aliphatic heterocycles. The van der Waals surface area contributed by atoms with Gasteiger partial charge in [0.2, 0.25) is 0 Å². The average molecular weight is 282 g/mol. The molecular formula is C13H20ClN5. The quantitative estimate of drug-likeness (QED) is 0.651. The molecule has 0 aliphatic carbocycles. The van der Waals surface area contributed by atoms with Crippen molar-refractivity contribution in [3.05, 3.63) is 22.8 Å². The van der Waals surface area contributed by atoms with Gasteiger partial charge in [0.1, 0.15) is 11.7 Å². The van der Waals surface area contributed by atoms with Crippen LogP contribution in [0.2, 0.25) is 5.02 Å². The molecule has 0 radical (unpaired) electrons. The Labute approximate surface area is 118 Å². The van der Waals surface area contributed by atoms with Crippen molar-refractivity contribution in [3.8, 4) is 0 Å². The van der Waals surface area contributed by atoms with E-state index >= 15 is 0 Å². The van der Waals surface area contributed by atoms with Crippen molar-refractivity contribution in [1.29, 1.82) is 5.41 Å². The molecular weight excluding hydrogens is 262 g/mol. The summed E-state index contributed by atoms with van der Waals surface area (Å²) in [6, 6.07) is 2.15. The summed E-state index contributed by atoms with van der Waals surface area (Å²) in [7, 11) is 0. The lowest BCUT2D eigenvalue weighted by Gasteiger charge is -2.40. The number of pyridine rings is 1. The third-order valence-corrected chi connectivity index (χ3v) is 4.00. The number of nitrogens with one attached hydrogen (secondary N) is 1. The van der Waals surface area contributed by atoms with Crippen LogP contribution in [-0.2, 0) is 0 Å². The van der Waals surface area contributed by atoms with E-state index in [1.54, 1.807) is 12.3 Å². The Hall–Kier alpha value is -1.33. The van der Waals surface area contributed by atoms with Crippen LogP contribution < -0.4 is 10.6 Å². The fraction of sp³-hybridized carbons (Fsp3) is 0.538. The molecule has 1 aromatic rings. The van der Waals surface area contributed by atoms with Crippen molar-refractivity contribution in [1.82, 2.24) is 9.88 Å². The van der Waals surface area contributed by atoms with Crippen LogP contribution in [0.5, 0.6) is 0 Å². The summed E-state index contributed by atoms with van der Waals surface area (Å²) in [6.45, 7) is 8.23. The second-order valence-corrected chi connectivity index (χ2v) is 5.21. The number of amidine groups is 1. The van der Waals surface area contributed by atoms with Crippen LogP contribution in [0, 0.1) is 5.41 Å². The number of nitrogens with zero attached hydrogens (tertiary/aromatic N) is 3. The summed E-state index contributed by atoms with van der Waals surface area (Å²) in [5, 5.41) is 8.01. The molecule has 1 atom stereocenters. The number of halogens is 1. The van der Waals surface area contributed by atoms with E-state index in [2.05, 4.69) is 28.6 Å². The van der Waals surface area contributed by atoms with E-state index in [-0.39, 0.29) is 5.84 Å². The highest BCUT2D eigenvalue weighted by Crippen LogP contribution is 2.28. The third-order valence-electron chi connectivity index (χ3n) is 3.63. The van der Waals surface area contributed by atoms with Crippen molar-refractivity contribution in [2.24, 2.45) is 5.73 Å². The van der Waals surface area contributed by atoms with E-state index in [0.717, 1.165) is 32.0 Å². The minimum atomic E-state index is -0.0195.